The molecule has 0 aliphatic carbocycles. The highest BCUT2D eigenvalue weighted by molar-refractivity contribution is 5.79. The second-order valence-electron chi connectivity index (χ2n) is 7.87. The van der Waals surface area contributed by atoms with E-state index in [9.17, 15) is 9.18 Å². The van der Waals surface area contributed by atoms with E-state index in [-0.39, 0.29) is 23.7 Å². The Labute approximate surface area is 176 Å². The average molecular weight is 413 g/mol. The van der Waals surface area contributed by atoms with Crippen LogP contribution in [0.1, 0.15) is 31.4 Å². The Kier molecular flexibility index (Phi) is 6.42. The van der Waals surface area contributed by atoms with E-state index in [2.05, 4.69) is 25.1 Å². The average Bonchev–Trinajstić information content (AvgIpc) is 2.80. The van der Waals surface area contributed by atoms with E-state index in [4.69, 9.17) is 4.74 Å². The molecule has 7 nitrogen and oxygen atoms in total. The lowest BCUT2D eigenvalue weighted by molar-refractivity contribution is -0.126. The summed E-state index contributed by atoms with van der Waals surface area (Å²) < 4.78 is 18.6. The summed E-state index contributed by atoms with van der Waals surface area (Å²) in [7, 11) is 0. The molecule has 2 aromatic rings. The van der Waals surface area contributed by atoms with Crippen molar-refractivity contribution in [3.63, 3.8) is 0 Å². The van der Waals surface area contributed by atoms with Crippen LogP contribution in [0.3, 0.4) is 0 Å². The lowest BCUT2D eigenvalue weighted by atomic mass is 9.95. The van der Waals surface area contributed by atoms with Gasteiger partial charge in [-0.25, -0.2) is 14.4 Å². The molecule has 4 rings (SSSR count). The van der Waals surface area contributed by atoms with Gasteiger partial charge in [-0.15, -0.1) is 0 Å². The number of rotatable bonds is 5. The normalized spacial score (nSPS) is 18.9. The van der Waals surface area contributed by atoms with Crippen molar-refractivity contribution < 1.29 is 13.9 Å². The number of nitrogens with one attached hydrogen (secondary N) is 1. The molecule has 0 radical (unpaired) electrons. The Bertz CT molecular complexity index is 849. The molecule has 1 aromatic carbocycles. The van der Waals surface area contributed by atoms with Crippen molar-refractivity contribution in [2.24, 2.45) is 5.92 Å². The highest BCUT2D eigenvalue weighted by atomic mass is 19.1. The second-order valence-corrected chi connectivity index (χ2v) is 7.87. The number of anilines is 2. The van der Waals surface area contributed by atoms with Crippen molar-refractivity contribution in [3.05, 3.63) is 48.2 Å². The molecule has 1 aromatic heterocycles. The number of halogens is 1. The number of carbonyl (C=O) groups is 1. The van der Waals surface area contributed by atoms with Crippen LogP contribution in [-0.2, 0) is 9.53 Å². The van der Waals surface area contributed by atoms with E-state index in [0.717, 1.165) is 56.1 Å². The molecule has 2 saturated heterocycles. The van der Waals surface area contributed by atoms with E-state index in [1.807, 2.05) is 13.1 Å². The Morgan fingerprint density at radius 2 is 1.83 bits per heavy atom. The van der Waals surface area contributed by atoms with Gasteiger partial charge in [-0.1, -0.05) is 12.1 Å². The number of hydrogen-bond donors (Lipinski definition) is 1. The smallest absolute Gasteiger partial charge is 0.223 e. The van der Waals surface area contributed by atoms with E-state index >= 15 is 0 Å². The Hall–Kier alpha value is -2.74. The quantitative estimate of drug-likeness (QED) is 0.812. The van der Waals surface area contributed by atoms with Gasteiger partial charge in [0.25, 0.3) is 0 Å². The van der Waals surface area contributed by atoms with E-state index in [0.29, 0.717) is 13.2 Å². The lowest BCUT2D eigenvalue weighted by Gasteiger charge is -2.36. The topological polar surface area (TPSA) is 70.6 Å². The summed E-state index contributed by atoms with van der Waals surface area (Å²) in [5, 5.41) is 3.08. The van der Waals surface area contributed by atoms with Crippen LogP contribution in [0, 0.1) is 11.7 Å². The summed E-state index contributed by atoms with van der Waals surface area (Å²) in [5.41, 5.74) is 1.93. The molecule has 160 valence electrons. The van der Waals surface area contributed by atoms with Gasteiger partial charge >= 0.3 is 0 Å². The van der Waals surface area contributed by atoms with Crippen LogP contribution in [0.2, 0.25) is 0 Å². The third kappa shape index (κ3) is 4.70. The fraction of sp³-hybridized carbons (Fsp3) is 0.500. The molecule has 0 bridgehead atoms. The first-order valence-corrected chi connectivity index (χ1v) is 10.6. The van der Waals surface area contributed by atoms with E-state index in [1.165, 1.54) is 12.1 Å². The number of aromatic nitrogens is 2. The van der Waals surface area contributed by atoms with Gasteiger partial charge < -0.3 is 19.9 Å². The molecule has 2 fully saturated rings. The third-order valence-electron chi connectivity index (χ3n) is 5.92. The minimum absolute atomic E-state index is 0.0272. The van der Waals surface area contributed by atoms with Gasteiger partial charge in [0.1, 0.15) is 12.1 Å². The standard InChI is InChI=1S/C22H28FN5O2/c1-16(17-2-4-19(23)5-3-17)26-22(29)18-6-8-27(9-7-18)20-14-24-15-25-21(20)28-10-12-30-13-11-28/h2-5,14-16,18H,6-13H2,1H3,(H,26,29)/t16-/m1/s1. The highest BCUT2D eigenvalue weighted by Gasteiger charge is 2.28. The summed E-state index contributed by atoms with van der Waals surface area (Å²) in [4.78, 5) is 26.0. The zero-order valence-electron chi connectivity index (χ0n) is 17.3. The molecule has 1 amide bonds. The molecular weight excluding hydrogens is 385 g/mol. The van der Waals surface area contributed by atoms with Gasteiger partial charge in [0, 0.05) is 32.1 Å². The fourth-order valence-corrected chi connectivity index (χ4v) is 4.11. The number of nitrogens with zero attached hydrogens (tertiary/aromatic N) is 4. The summed E-state index contributed by atoms with van der Waals surface area (Å²) in [5.74, 6) is 0.705. The maximum absolute atomic E-state index is 13.1. The monoisotopic (exact) mass is 413 g/mol. The van der Waals surface area contributed by atoms with Crippen molar-refractivity contribution in [1.82, 2.24) is 15.3 Å². The van der Waals surface area contributed by atoms with Gasteiger partial charge in [0.15, 0.2) is 5.82 Å². The second kappa shape index (κ2) is 9.38. The van der Waals surface area contributed by atoms with Crippen molar-refractivity contribution in [1.29, 1.82) is 0 Å². The van der Waals surface area contributed by atoms with E-state index in [1.54, 1.807) is 18.5 Å². The molecule has 0 unspecified atom stereocenters. The Morgan fingerprint density at radius 3 is 2.53 bits per heavy atom. The number of piperidine rings is 1. The Morgan fingerprint density at radius 1 is 1.13 bits per heavy atom. The number of amides is 1. The largest absolute Gasteiger partial charge is 0.378 e. The molecule has 1 atom stereocenters. The highest BCUT2D eigenvalue weighted by Crippen LogP contribution is 2.30. The third-order valence-corrected chi connectivity index (χ3v) is 5.92. The predicted molar refractivity (Wildman–Crippen MR) is 113 cm³/mol. The van der Waals surface area contributed by atoms with Crippen LogP contribution in [-0.4, -0.2) is 55.3 Å². The number of benzene rings is 1. The van der Waals surface area contributed by atoms with Gasteiger partial charge in [-0.2, -0.15) is 0 Å². The van der Waals surface area contributed by atoms with Gasteiger partial charge in [-0.05, 0) is 37.5 Å². The number of morpholine rings is 1. The number of hydrogen-bond acceptors (Lipinski definition) is 6. The summed E-state index contributed by atoms with van der Waals surface area (Å²) in [6.45, 7) is 6.56. The van der Waals surface area contributed by atoms with Crippen molar-refractivity contribution in [2.75, 3.05) is 49.2 Å². The first-order valence-electron chi connectivity index (χ1n) is 10.6. The van der Waals surface area contributed by atoms with Gasteiger partial charge in [-0.3, -0.25) is 4.79 Å². The minimum Gasteiger partial charge on any atom is -0.378 e. The van der Waals surface area contributed by atoms with Crippen LogP contribution in [0.15, 0.2) is 36.8 Å². The fourth-order valence-electron chi connectivity index (χ4n) is 4.11. The van der Waals surface area contributed by atoms with Gasteiger partial charge in [0.2, 0.25) is 5.91 Å². The van der Waals surface area contributed by atoms with Crippen LogP contribution < -0.4 is 15.1 Å². The van der Waals surface area contributed by atoms with Crippen molar-refractivity contribution in [2.45, 2.75) is 25.8 Å². The molecule has 2 aliphatic rings. The first kappa shape index (κ1) is 20.5. The minimum atomic E-state index is -0.272. The lowest BCUT2D eigenvalue weighted by Crippen LogP contribution is -2.43. The van der Waals surface area contributed by atoms with Crippen LogP contribution >= 0.6 is 0 Å². The number of carbonyl (C=O) groups excluding carboxylic acids is 1. The molecular formula is C22H28FN5O2. The zero-order valence-corrected chi connectivity index (χ0v) is 17.3. The summed E-state index contributed by atoms with van der Waals surface area (Å²) in [6, 6.07) is 6.12. The van der Waals surface area contributed by atoms with Crippen molar-refractivity contribution in [3.8, 4) is 0 Å². The maximum Gasteiger partial charge on any atom is 0.223 e. The first-order chi connectivity index (χ1) is 14.6. The molecule has 30 heavy (non-hydrogen) atoms. The molecule has 1 N–H and O–H groups in total. The predicted octanol–water partition coefficient (Wildman–Crippen LogP) is 2.55. The zero-order chi connectivity index (χ0) is 20.9. The molecule has 3 heterocycles. The summed E-state index contributed by atoms with van der Waals surface area (Å²) in [6.07, 6.45) is 5.01. The van der Waals surface area contributed by atoms with Crippen LogP contribution in [0.25, 0.3) is 0 Å². The summed E-state index contributed by atoms with van der Waals surface area (Å²) >= 11 is 0. The van der Waals surface area contributed by atoms with Gasteiger partial charge in [0.05, 0.1) is 31.1 Å². The molecule has 8 heteroatoms. The van der Waals surface area contributed by atoms with Crippen molar-refractivity contribution >= 4 is 17.4 Å². The van der Waals surface area contributed by atoms with E-state index < -0.39 is 0 Å². The molecule has 0 spiro atoms. The molecule has 0 saturated carbocycles. The Balaban J connectivity index is 1.35. The maximum atomic E-state index is 13.1. The van der Waals surface area contributed by atoms with Crippen LogP contribution in [0.4, 0.5) is 15.9 Å². The van der Waals surface area contributed by atoms with Crippen LogP contribution in [0.5, 0.6) is 0 Å². The number of ether oxygens (including phenoxy) is 1. The SMILES string of the molecule is C[C@@H](NC(=O)C1CCN(c2cncnc2N2CCOCC2)CC1)c1ccc(F)cc1. The molecule has 2 aliphatic heterocycles.